The van der Waals surface area contributed by atoms with E-state index in [1.165, 1.54) is 0 Å². The summed E-state index contributed by atoms with van der Waals surface area (Å²) in [7, 11) is -3.83. The molecule has 4 aromatic rings. The average molecular weight is 501 g/mol. The highest BCUT2D eigenvalue weighted by Crippen LogP contribution is 2.45. The van der Waals surface area contributed by atoms with Crippen LogP contribution < -0.4 is 0 Å². The zero-order valence-corrected chi connectivity index (χ0v) is 23.1. The molecule has 0 bridgehead atoms. The molecule has 4 rings (SSSR count). The minimum atomic E-state index is -3.83. The first kappa shape index (κ1) is 26.0. The fourth-order valence-electron chi connectivity index (χ4n) is 4.82. The van der Waals surface area contributed by atoms with Crippen molar-refractivity contribution in [3.8, 4) is 5.75 Å². The van der Waals surface area contributed by atoms with Crippen molar-refractivity contribution in [1.29, 1.82) is 0 Å². The second kappa shape index (κ2) is 9.08. The van der Waals surface area contributed by atoms with Crippen LogP contribution in [0.5, 0.6) is 5.75 Å². The van der Waals surface area contributed by atoms with E-state index in [0.29, 0.717) is 5.56 Å². The largest absolute Gasteiger partial charge is 0.507 e. The summed E-state index contributed by atoms with van der Waals surface area (Å²) < 4.78 is 28.9. The number of hydrogen-bond donors (Lipinski definition) is 1. The number of phenolic OH excluding ortho intramolecular Hbond substituents is 1. The maximum absolute atomic E-state index is 14.4. The van der Waals surface area contributed by atoms with Crippen molar-refractivity contribution in [3.63, 3.8) is 0 Å². The lowest BCUT2D eigenvalue weighted by Crippen LogP contribution is -2.21. The van der Waals surface area contributed by atoms with Crippen molar-refractivity contribution >= 4 is 20.6 Å². The zero-order chi connectivity index (χ0) is 26.5. The standard InChI is InChI=1S/C32H36O3S/c1-21-15-17-24(18-16-21)36(34,35)30(26-14-10-12-22-11-8-9-13-25(22)26)23-19-27(31(2,3)4)29(33)28(20-23)32(5,6)7/h8-20,30,33H,1-7H3. The fourth-order valence-corrected chi connectivity index (χ4v) is 6.64. The molecule has 0 aliphatic carbocycles. The molecule has 4 heteroatoms. The van der Waals surface area contributed by atoms with Gasteiger partial charge in [0.15, 0.2) is 9.84 Å². The molecule has 1 unspecified atom stereocenters. The SMILES string of the molecule is Cc1ccc(S(=O)(=O)C(c2cc(C(C)(C)C)c(O)c(C(C)(C)C)c2)c2cccc3ccccc23)cc1. The summed E-state index contributed by atoms with van der Waals surface area (Å²) in [5.74, 6) is 0.239. The van der Waals surface area contributed by atoms with Crippen molar-refractivity contribution in [1.82, 2.24) is 0 Å². The highest BCUT2D eigenvalue weighted by Gasteiger charge is 2.35. The minimum absolute atomic E-state index is 0.239. The molecular formula is C32H36O3S. The van der Waals surface area contributed by atoms with Crippen molar-refractivity contribution < 1.29 is 13.5 Å². The molecule has 0 radical (unpaired) electrons. The van der Waals surface area contributed by atoms with Gasteiger partial charge in [0, 0.05) is 0 Å². The maximum atomic E-state index is 14.4. The van der Waals surface area contributed by atoms with E-state index in [9.17, 15) is 13.5 Å². The highest BCUT2D eigenvalue weighted by atomic mass is 32.2. The van der Waals surface area contributed by atoms with Gasteiger partial charge in [-0.1, -0.05) is 102 Å². The molecule has 0 saturated carbocycles. The summed E-state index contributed by atoms with van der Waals surface area (Å²) in [6.45, 7) is 14.2. The second-order valence-corrected chi connectivity index (χ2v) is 13.8. The van der Waals surface area contributed by atoms with E-state index < -0.39 is 15.1 Å². The Kier molecular flexibility index (Phi) is 6.55. The van der Waals surface area contributed by atoms with Gasteiger partial charge in [0.25, 0.3) is 0 Å². The van der Waals surface area contributed by atoms with Crippen molar-refractivity contribution in [2.75, 3.05) is 0 Å². The van der Waals surface area contributed by atoms with Crippen molar-refractivity contribution in [2.24, 2.45) is 0 Å². The van der Waals surface area contributed by atoms with E-state index in [2.05, 4.69) is 0 Å². The Morgan fingerprint density at radius 2 is 1.25 bits per heavy atom. The molecule has 0 aromatic heterocycles. The van der Waals surface area contributed by atoms with Gasteiger partial charge >= 0.3 is 0 Å². The third kappa shape index (κ3) is 4.79. The van der Waals surface area contributed by atoms with E-state index in [4.69, 9.17) is 0 Å². The van der Waals surface area contributed by atoms with Gasteiger partial charge in [-0.25, -0.2) is 8.42 Å². The van der Waals surface area contributed by atoms with Crippen LogP contribution >= 0.6 is 0 Å². The predicted molar refractivity (Wildman–Crippen MR) is 150 cm³/mol. The quantitative estimate of drug-likeness (QED) is 0.309. The molecule has 0 spiro atoms. The van der Waals surface area contributed by atoms with Crippen LogP contribution in [0, 0.1) is 6.92 Å². The summed E-state index contributed by atoms with van der Waals surface area (Å²) in [6.07, 6.45) is 0. The Labute approximate surface area is 215 Å². The number of benzene rings is 4. The molecule has 0 aliphatic heterocycles. The van der Waals surface area contributed by atoms with Crippen LogP contribution in [0.4, 0.5) is 0 Å². The van der Waals surface area contributed by atoms with Crippen molar-refractivity contribution in [3.05, 3.63) is 107 Å². The van der Waals surface area contributed by atoms with Gasteiger partial charge < -0.3 is 5.11 Å². The Morgan fingerprint density at radius 1 is 0.722 bits per heavy atom. The van der Waals surface area contributed by atoms with Crippen LogP contribution in [-0.2, 0) is 20.7 Å². The first-order valence-corrected chi connectivity index (χ1v) is 13.9. The third-order valence-corrected chi connectivity index (χ3v) is 8.89. The lowest BCUT2D eigenvalue weighted by atomic mass is 9.77. The van der Waals surface area contributed by atoms with E-state index in [-0.39, 0.29) is 21.5 Å². The lowest BCUT2D eigenvalue weighted by molar-refractivity contribution is 0.422. The number of sulfone groups is 1. The number of aryl methyl sites for hydroxylation is 1. The van der Waals surface area contributed by atoms with Crippen LogP contribution in [-0.4, -0.2) is 13.5 Å². The number of phenols is 1. The third-order valence-electron chi connectivity index (χ3n) is 6.82. The summed E-state index contributed by atoms with van der Waals surface area (Å²) in [6, 6.07) is 24.6. The Balaban J connectivity index is 2.13. The molecular weight excluding hydrogens is 464 g/mol. The van der Waals surface area contributed by atoms with Crippen LogP contribution in [0.15, 0.2) is 83.8 Å². The number of rotatable bonds is 4. The molecule has 4 aromatic carbocycles. The Hall–Kier alpha value is -3.11. The maximum Gasteiger partial charge on any atom is 0.189 e. The molecule has 3 nitrogen and oxygen atoms in total. The summed E-state index contributed by atoms with van der Waals surface area (Å²) in [5, 5.41) is 12.3. The second-order valence-electron chi connectivity index (χ2n) is 11.8. The van der Waals surface area contributed by atoms with Gasteiger partial charge in [0.05, 0.1) is 4.90 Å². The Bertz CT molecular complexity index is 1480. The average Bonchev–Trinajstić information content (AvgIpc) is 2.79. The molecule has 188 valence electrons. The molecule has 0 saturated heterocycles. The molecule has 0 heterocycles. The molecule has 36 heavy (non-hydrogen) atoms. The van der Waals surface area contributed by atoms with Crippen LogP contribution in [0.1, 0.15) is 74.6 Å². The van der Waals surface area contributed by atoms with Gasteiger partial charge in [-0.3, -0.25) is 0 Å². The van der Waals surface area contributed by atoms with E-state index in [1.807, 2.05) is 115 Å². The van der Waals surface area contributed by atoms with E-state index in [1.54, 1.807) is 12.1 Å². The summed E-state index contributed by atoms with van der Waals surface area (Å²) >= 11 is 0. The number of hydrogen-bond acceptors (Lipinski definition) is 3. The topological polar surface area (TPSA) is 54.4 Å². The monoisotopic (exact) mass is 500 g/mol. The van der Waals surface area contributed by atoms with Gasteiger partial charge in [0.2, 0.25) is 0 Å². The molecule has 1 N–H and O–H groups in total. The number of aromatic hydroxyl groups is 1. The van der Waals surface area contributed by atoms with Crippen LogP contribution in [0.3, 0.4) is 0 Å². The van der Waals surface area contributed by atoms with E-state index in [0.717, 1.165) is 33.0 Å². The number of fused-ring (bicyclic) bond motifs is 1. The smallest absolute Gasteiger partial charge is 0.189 e. The Morgan fingerprint density at radius 3 is 1.81 bits per heavy atom. The summed E-state index contributed by atoms with van der Waals surface area (Å²) in [5.41, 5.74) is 3.14. The van der Waals surface area contributed by atoms with Crippen LogP contribution in [0.25, 0.3) is 10.8 Å². The normalized spacial score (nSPS) is 13.6. The first-order chi connectivity index (χ1) is 16.7. The van der Waals surface area contributed by atoms with Gasteiger partial charge in [-0.05, 0) is 75.0 Å². The summed E-state index contributed by atoms with van der Waals surface area (Å²) in [4.78, 5) is 0.286. The fraction of sp³-hybridized carbons (Fsp3) is 0.312. The van der Waals surface area contributed by atoms with Crippen LogP contribution in [0.2, 0.25) is 0 Å². The van der Waals surface area contributed by atoms with Gasteiger partial charge in [0.1, 0.15) is 11.0 Å². The van der Waals surface area contributed by atoms with E-state index >= 15 is 0 Å². The van der Waals surface area contributed by atoms with Crippen molar-refractivity contribution in [2.45, 2.75) is 69.4 Å². The predicted octanol–water partition coefficient (Wildman–Crippen LogP) is 8.01. The highest BCUT2D eigenvalue weighted by molar-refractivity contribution is 7.92. The molecule has 0 amide bonds. The minimum Gasteiger partial charge on any atom is -0.507 e. The molecule has 0 aliphatic rings. The zero-order valence-electron chi connectivity index (χ0n) is 22.3. The molecule has 1 atom stereocenters. The van der Waals surface area contributed by atoms with Gasteiger partial charge in [-0.15, -0.1) is 0 Å². The van der Waals surface area contributed by atoms with Gasteiger partial charge in [-0.2, -0.15) is 0 Å². The first-order valence-electron chi connectivity index (χ1n) is 12.4. The lowest BCUT2D eigenvalue weighted by Gasteiger charge is -2.30. The molecule has 0 fully saturated rings.